The van der Waals surface area contributed by atoms with Gasteiger partial charge >= 0.3 is 0 Å². The molecule has 0 spiro atoms. The Bertz CT molecular complexity index is 662. The molecule has 1 aromatic carbocycles. The molecule has 24 heavy (non-hydrogen) atoms. The fourth-order valence-electron chi connectivity index (χ4n) is 3.34. The molecule has 1 aliphatic rings. The van der Waals surface area contributed by atoms with Crippen molar-refractivity contribution >= 4 is 21.6 Å². The van der Waals surface area contributed by atoms with Crippen molar-refractivity contribution in [3.63, 3.8) is 0 Å². The fourth-order valence-corrected chi connectivity index (χ4v) is 3.90. The first-order chi connectivity index (χ1) is 11.3. The van der Waals surface area contributed by atoms with Crippen molar-refractivity contribution in [3.05, 3.63) is 29.8 Å². The lowest BCUT2D eigenvalue weighted by molar-refractivity contribution is -0.128. The van der Waals surface area contributed by atoms with E-state index < -0.39 is 15.4 Å². The van der Waals surface area contributed by atoms with Crippen LogP contribution in [0, 0.1) is 0 Å². The van der Waals surface area contributed by atoms with Gasteiger partial charge in [0.25, 0.3) is 0 Å². The van der Waals surface area contributed by atoms with Crippen molar-refractivity contribution in [2.75, 3.05) is 11.0 Å². The Morgan fingerprint density at radius 3 is 2.25 bits per heavy atom. The number of anilines is 1. The van der Waals surface area contributed by atoms with Crippen LogP contribution >= 0.6 is 0 Å². The standard InChI is InChI=1S/C18H28N2O3S/c1-4-14(2)19-17(21)18(12-6-5-7-13-18)15-8-10-16(11-9-15)20-24(3,22)23/h8-11,14,20H,4-7,12-13H2,1-3H3,(H,19,21). The van der Waals surface area contributed by atoms with Crippen LogP contribution in [-0.2, 0) is 20.2 Å². The summed E-state index contributed by atoms with van der Waals surface area (Å²) in [6.45, 7) is 4.08. The lowest BCUT2D eigenvalue weighted by atomic mass is 9.68. The molecular formula is C18H28N2O3S. The number of rotatable bonds is 6. The minimum atomic E-state index is -3.30. The second-order valence-corrected chi connectivity index (χ2v) is 8.63. The predicted octanol–water partition coefficient (Wildman–Crippen LogP) is 3.17. The van der Waals surface area contributed by atoms with Crippen LogP contribution in [0.25, 0.3) is 0 Å². The van der Waals surface area contributed by atoms with E-state index in [2.05, 4.69) is 17.0 Å². The summed E-state index contributed by atoms with van der Waals surface area (Å²) in [4.78, 5) is 13.0. The molecule has 5 nitrogen and oxygen atoms in total. The smallest absolute Gasteiger partial charge is 0.230 e. The minimum Gasteiger partial charge on any atom is -0.353 e. The average molecular weight is 353 g/mol. The topological polar surface area (TPSA) is 75.3 Å². The maximum atomic E-state index is 13.0. The second-order valence-electron chi connectivity index (χ2n) is 6.88. The lowest BCUT2D eigenvalue weighted by Crippen LogP contribution is -2.48. The Kier molecular flexibility index (Phi) is 5.91. The molecule has 1 fully saturated rings. The molecule has 0 heterocycles. The van der Waals surface area contributed by atoms with E-state index in [-0.39, 0.29) is 11.9 Å². The van der Waals surface area contributed by atoms with E-state index in [1.165, 1.54) is 0 Å². The quantitative estimate of drug-likeness (QED) is 0.826. The summed E-state index contributed by atoms with van der Waals surface area (Å²) in [5, 5.41) is 3.14. The Labute approximate surface area is 145 Å². The van der Waals surface area contributed by atoms with Crippen LogP contribution in [0.4, 0.5) is 5.69 Å². The van der Waals surface area contributed by atoms with Gasteiger partial charge in [0.15, 0.2) is 0 Å². The van der Waals surface area contributed by atoms with E-state index in [4.69, 9.17) is 0 Å². The van der Waals surface area contributed by atoms with Gasteiger partial charge in [-0.3, -0.25) is 9.52 Å². The third-order valence-corrected chi connectivity index (χ3v) is 5.48. The highest BCUT2D eigenvalue weighted by atomic mass is 32.2. The summed E-state index contributed by atoms with van der Waals surface area (Å²) in [5.41, 5.74) is 1.00. The first-order valence-electron chi connectivity index (χ1n) is 8.66. The first kappa shape index (κ1) is 18.8. The van der Waals surface area contributed by atoms with Crippen molar-refractivity contribution in [1.29, 1.82) is 0 Å². The molecule has 6 heteroatoms. The van der Waals surface area contributed by atoms with Crippen molar-refractivity contribution in [1.82, 2.24) is 5.32 Å². The highest BCUT2D eigenvalue weighted by molar-refractivity contribution is 7.92. The van der Waals surface area contributed by atoms with Gasteiger partial charge in [-0.15, -0.1) is 0 Å². The summed E-state index contributed by atoms with van der Waals surface area (Å²) >= 11 is 0. The molecule has 1 amide bonds. The van der Waals surface area contributed by atoms with Crippen molar-refractivity contribution < 1.29 is 13.2 Å². The summed E-state index contributed by atoms with van der Waals surface area (Å²) in [6, 6.07) is 7.40. The summed E-state index contributed by atoms with van der Waals surface area (Å²) in [7, 11) is -3.30. The highest BCUT2D eigenvalue weighted by Crippen LogP contribution is 2.40. The number of nitrogens with one attached hydrogen (secondary N) is 2. The number of hydrogen-bond donors (Lipinski definition) is 2. The Balaban J connectivity index is 2.29. The SMILES string of the molecule is CCC(C)NC(=O)C1(c2ccc(NS(C)(=O)=O)cc2)CCCCC1. The molecule has 0 radical (unpaired) electrons. The molecule has 0 bridgehead atoms. The number of amides is 1. The lowest BCUT2D eigenvalue weighted by Gasteiger charge is -2.37. The third kappa shape index (κ3) is 4.50. The van der Waals surface area contributed by atoms with E-state index in [0.717, 1.165) is 50.3 Å². The van der Waals surface area contributed by atoms with Crippen LogP contribution in [0.5, 0.6) is 0 Å². The molecule has 0 aromatic heterocycles. The Morgan fingerprint density at radius 1 is 1.17 bits per heavy atom. The molecule has 1 atom stereocenters. The Hall–Kier alpha value is -1.56. The zero-order valence-electron chi connectivity index (χ0n) is 14.8. The normalized spacial score (nSPS) is 18.6. The van der Waals surface area contributed by atoms with Crippen LogP contribution in [0.1, 0.15) is 57.9 Å². The van der Waals surface area contributed by atoms with E-state index in [0.29, 0.717) is 5.69 Å². The van der Waals surface area contributed by atoms with Crippen LogP contribution < -0.4 is 10.0 Å². The maximum Gasteiger partial charge on any atom is 0.230 e. The predicted molar refractivity (Wildman–Crippen MR) is 97.6 cm³/mol. The van der Waals surface area contributed by atoms with Crippen LogP contribution in [0.2, 0.25) is 0 Å². The molecule has 2 N–H and O–H groups in total. The van der Waals surface area contributed by atoms with Gasteiger partial charge in [0.2, 0.25) is 15.9 Å². The zero-order chi connectivity index (χ0) is 17.8. The number of hydrogen-bond acceptors (Lipinski definition) is 3. The number of carbonyl (C=O) groups excluding carboxylic acids is 1. The molecule has 1 aliphatic carbocycles. The molecule has 1 aromatic rings. The van der Waals surface area contributed by atoms with Crippen molar-refractivity contribution in [3.8, 4) is 0 Å². The van der Waals surface area contributed by atoms with Gasteiger partial charge in [-0.05, 0) is 43.9 Å². The second kappa shape index (κ2) is 7.55. The maximum absolute atomic E-state index is 13.0. The van der Waals surface area contributed by atoms with Crippen LogP contribution in [0.15, 0.2) is 24.3 Å². The minimum absolute atomic E-state index is 0.0976. The molecule has 134 valence electrons. The van der Waals surface area contributed by atoms with Gasteiger partial charge in [0.1, 0.15) is 0 Å². The van der Waals surface area contributed by atoms with Gasteiger partial charge < -0.3 is 5.32 Å². The summed E-state index contributed by atoms with van der Waals surface area (Å²) in [5.74, 6) is 0.0976. The third-order valence-electron chi connectivity index (χ3n) is 4.87. The molecular weight excluding hydrogens is 324 g/mol. The van der Waals surface area contributed by atoms with E-state index in [1.807, 2.05) is 19.1 Å². The van der Waals surface area contributed by atoms with Gasteiger partial charge in [0, 0.05) is 11.7 Å². The summed E-state index contributed by atoms with van der Waals surface area (Å²) < 4.78 is 25.1. The monoisotopic (exact) mass is 352 g/mol. The first-order valence-corrected chi connectivity index (χ1v) is 10.6. The van der Waals surface area contributed by atoms with Crippen LogP contribution in [0.3, 0.4) is 0 Å². The van der Waals surface area contributed by atoms with Gasteiger partial charge in [-0.2, -0.15) is 0 Å². The molecule has 0 aliphatic heterocycles. The van der Waals surface area contributed by atoms with E-state index >= 15 is 0 Å². The van der Waals surface area contributed by atoms with Crippen molar-refractivity contribution in [2.24, 2.45) is 0 Å². The average Bonchev–Trinajstić information content (AvgIpc) is 2.54. The van der Waals surface area contributed by atoms with E-state index in [1.54, 1.807) is 12.1 Å². The number of sulfonamides is 1. The fraction of sp³-hybridized carbons (Fsp3) is 0.611. The summed E-state index contributed by atoms with van der Waals surface area (Å²) in [6.07, 6.45) is 6.95. The van der Waals surface area contributed by atoms with Gasteiger partial charge in [-0.1, -0.05) is 38.3 Å². The zero-order valence-corrected chi connectivity index (χ0v) is 15.6. The Morgan fingerprint density at radius 2 is 1.75 bits per heavy atom. The molecule has 1 saturated carbocycles. The highest BCUT2D eigenvalue weighted by Gasteiger charge is 2.41. The number of benzene rings is 1. The largest absolute Gasteiger partial charge is 0.353 e. The van der Waals surface area contributed by atoms with Crippen molar-refractivity contribution in [2.45, 2.75) is 63.8 Å². The van der Waals surface area contributed by atoms with Gasteiger partial charge in [-0.25, -0.2) is 8.42 Å². The van der Waals surface area contributed by atoms with Crippen LogP contribution in [-0.4, -0.2) is 26.6 Å². The number of carbonyl (C=O) groups is 1. The van der Waals surface area contributed by atoms with E-state index in [9.17, 15) is 13.2 Å². The molecule has 0 saturated heterocycles. The molecule has 1 unspecified atom stereocenters. The van der Waals surface area contributed by atoms with Gasteiger partial charge in [0.05, 0.1) is 11.7 Å². The molecule has 2 rings (SSSR count).